The first-order chi connectivity index (χ1) is 11.3. The number of halogens is 3. The molecule has 0 unspecified atom stereocenters. The van der Waals surface area contributed by atoms with Gasteiger partial charge in [0.1, 0.15) is 5.84 Å². The molecule has 0 amide bonds. The van der Waals surface area contributed by atoms with E-state index in [0.29, 0.717) is 17.3 Å². The van der Waals surface area contributed by atoms with Gasteiger partial charge in [0.25, 0.3) is 0 Å². The molecule has 1 aromatic rings. The van der Waals surface area contributed by atoms with Crippen molar-refractivity contribution in [3.63, 3.8) is 0 Å². The lowest BCUT2D eigenvalue weighted by Crippen LogP contribution is -2.27. The highest BCUT2D eigenvalue weighted by molar-refractivity contribution is 7.99. The van der Waals surface area contributed by atoms with Gasteiger partial charge in [0.2, 0.25) is 0 Å². The highest BCUT2D eigenvalue weighted by atomic mass is 32.2. The summed E-state index contributed by atoms with van der Waals surface area (Å²) in [6.45, 7) is 4.45. The topological polar surface area (TPSA) is 36.4 Å². The van der Waals surface area contributed by atoms with Crippen LogP contribution in [0, 0.1) is 13.8 Å². The average Bonchev–Trinajstić information content (AvgIpc) is 2.53. The summed E-state index contributed by atoms with van der Waals surface area (Å²) in [7, 11) is 1.67. The number of thioether (sulfide) groups is 1. The number of anilines is 1. The second-order valence-corrected chi connectivity index (χ2v) is 6.44. The lowest BCUT2D eigenvalue weighted by atomic mass is 10.1. The van der Waals surface area contributed by atoms with Crippen LogP contribution in [0.25, 0.3) is 0 Å². The van der Waals surface area contributed by atoms with Crippen LogP contribution in [0.3, 0.4) is 0 Å². The number of allylic oxidation sites excluding steroid dienone is 2. The molecular formula is C17H20F3N3S. The van der Waals surface area contributed by atoms with Crippen LogP contribution in [-0.2, 0) is 0 Å². The summed E-state index contributed by atoms with van der Waals surface area (Å²) in [6.07, 6.45) is 1.64. The van der Waals surface area contributed by atoms with E-state index in [2.05, 4.69) is 15.6 Å². The molecule has 7 heteroatoms. The summed E-state index contributed by atoms with van der Waals surface area (Å²) < 4.78 is 37.4. The quantitative estimate of drug-likeness (QED) is 0.476. The van der Waals surface area contributed by atoms with Crippen LogP contribution in [0.1, 0.15) is 11.1 Å². The average molecular weight is 355 g/mol. The molecule has 1 aliphatic rings. The Morgan fingerprint density at radius 3 is 2.62 bits per heavy atom. The minimum Gasteiger partial charge on any atom is -0.379 e. The van der Waals surface area contributed by atoms with Crippen molar-refractivity contribution in [2.24, 2.45) is 4.99 Å². The first-order valence-electron chi connectivity index (χ1n) is 7.46. The number of aliphatic imine (C=N–C) groups is 1. The molecular weight excluding hydrogens is 335 g/mol. The lowest BCUT2D eigenvalue weighted by Gasteiger charge is -2.19. The Labute approximate surface area is 144 Å². The molecule has 0 radical (unpaired) electrons. The van der Waals surface area contributed by atoms with Gasteiger partial charge >= 0.3 is 6.18 Å². The standard InChI is InChI=1S/C17H20F3N3S/c1-11-8-12(2)15(24-10-17(18,19)20)9-14(11)23-16(21-3)13-6-4-5-7-22-13/h4-6,8-9,22H,7,10H2,1-3H3,(H,21,23). The molecule has 1 aliphatic heterocycles. The van der Waals surface area contributed by atoms with Crippen molar-refractivity contribution in [3.05, 3.63) is 47.2 Å². The first-order valence-corrected chi connectivity index (χ1v) is 8.44. The molecule has 1 heterocycles. The third-order valence-corrected chi connectivity index (χ3v) is 4.68. The van der Waals surface area contributed by atoms with Crippen LogP contribution in [0.4, 0.5) is 18.9 Å². The minimum absolute atomic E-state index is 0.612. The number of nitrogens with one attached hydrogen (secondary N) is 2. The zero-order chi connectivity index (χ0) is 17.7. The molecule has 130 valence electrons. The molecule has 24 heavy (non-hydrogen) atoms. The van der Waals surface area contributed by atoms with Gasteiger partial charge in [-0.3, -0.25) is 4.99 Å². The van der Waals surface area contributed by atoms with Gasteiger partial charge in [0.05, 0.1) is 11.4 Å². The molecule has 0 spiro atoms. The van der Waals surface area contributed by atoms with Crippen LogP contribution >= 0.6 is 11.8 Å². The second-order valence-electron chi connectivity index (χ2n) is 5.42. The van der Waals surface area contributed by atoms with Crippen molar-refractivity contribution in [2.75, 3.05) is 24.7 Å². The van der Waals surface area contributed by atoms with E-state index in [1.54, 1.807) is 13.1 Å². The molecule has 2 rings (SSSR count). The molecule has 3 nitrogen and oxygen atoms in total. The lowest BCUT2D eigenvalue weighted by molar-refractivity contribution is -0.105. The SMILES string of the molecule is CN=C(Nc1cc(SCC(F)(F)F)c(C)cc1C)C1=CC=CCN1. The maximum absolute atomic E-state index is 12.5. The molecule has 0 aromatic heterocycles. The van der Waals surface area contributed by atoms with E-state index in [0.717, 1.165) is 34.3 Å². The van der Waals surface area contributed by atoms with Gasteiger partial charge in [0.15, 0.2) is 0 Å². The van der Waals surface area contributed by atoms with Gasteiger partial charge in [-0.15, -0.1) is 11.8 Å². The molecule has 2 N–H and O–H groups in total. The fraction of sp³-hybridized carbons (Fsp3) is 0.353. The van der Waals surface area contributed by atoms with Gasteiger partial charge in [-0.05, 0) is 37.1 Å². The van der Waals surface area contributed by atoms with Crippen molar-refractivity contribution in [3.8, 4) is 0 Å². The van der Waals surface area contributed by atoms with E-state index in [1.807, 2.05) is 38.1 Å². The van der Waals surface area contributed by atoms with Gasteiger partial charge in [0, 0.05) is 24.2 Å². The Morgan fingerprint density at radius 1 is 1.29 bits per heavy atom. The Hall–Kier alpha value is -1.89. The summed E-state index contributed by atoms with van der Waals surface area (Å²) in [5, 5.41) is 6.43. The number of hydrogen-bond acceptors (Lipinski definition) is 3. The predicted molar refractivity (Wildman–Crippen MR) is 94.9 cm³/mol. The van der Waals surface area contributed by atoms with E-state index in [4.69, 9.17) is 0 Å². The third-order valence-electron chi connectivity index (χ3n) is 3.45. The van der Waals surface area contributed by atoms with E-state index in [1.165, 1.54) is 0 Å². The van der Waals surface area contributed by atoms with Crippen LogP contribution in [0.5, 0.6) is 0 Å². The minimum atomic E-state index is -4.19. The van der Waals surface area contributed by atoms with Gasteiger partial charge in [-0.2, -0.15) is 13.2 Å². The van der Waals surface area contributed by atoms with Gasteiger partial charge < -0.3 is 10.6 Å². The van der Waals surface area contributed by atoms with Crippen molar-refractivity contribution >= 4 is 23.3 Å². The molecule has 1 aromatic carbocycles. The third kappa shape index (κ3) is 5.06. The molecule has 0 aliphatic carbocycles. The van der Waals surface area contributed by atoms with Crippen molar-refractivity contribution in [1.82, 2.24) is 5.32 Å². The molecule has 0 bridgehead atoms. The van der Waals surface area contributed by atoms with Crippen LogP contribution in [0.15, 0.2) is 45.9 Å². The van der Waals surface area contributed by atoms with E-state index in [9.17, 15) is 13.2 Å². The summed E-state index contributed by atoms with van der Waals surface area (Å²) in [6, 6.07) is 3.64. The van der Waals surface area contributed by atoms with Crippen molar-refractivity contribution < 1.29 is 13.2 Å². The number of benzene rings is 1. The Balaban J connectivity index is 2.23. The van der Waals surface area contributed by atoms with E-state index in [-0.39, 0.29) is 0 Å². The summed E-state index contributed by atoms with van der Waals surface area (Å²) in [5.74, 6) is -0.249. The zero-order valence-electron chi connectivity index (χ0n) is 13.8. The number of aryl methyl sites for hydroxylation is 2. The highest BCUT2D eigenvalue weighted by Gasteiger charge is 2.27. The summed E-state index contributed by atoms with van der Waals surface area (Å²) in [4.78, 5) is 4.85. The number of hydrogen-bond donors (Lipinski definition) is 2. The molecule has 0 fully saturated rings. The van der Waals surface area contributed by atoms with Gasteiger partial charge in [-0.1, -0.05) is 18.2 Å². The summed E-state index contributed by atoms with van der Waals surface area (Å²) in [5.41, 5.74) is 3.39. The maximum Gasteiger partial charge on any atom is 0.398 e. The van der Waals surface area contributed by atoms with E-state index >= 15 is 0 Å². The Morgan fingerprint density at radius 2 is 2.04 bits per heavy atom. The van der Waals surface area contributed by atoms with Gasteiger partial charge in [-0.25, -0.2) is 0 Å². The van der Waals surface area contributed by atoms with Crippen LogP contribution in [0.2, 0.25) is 0 Å². The maximum atomic E-state index is 12.5. The highest BCUT2D eigenvalue weighted by Crippen LogP contribution is 2.32. The Bertz CT molecular complexity index is 691. The normalized spacial score (nSPS) is 15.1. The predicted octanol–water partition coefficient (Wildman–Crippen LogP) is 4.44. The zero-order valence-corrected chi connectivity index (χ0v) is 14.6. The van der Waals surface area contributed by atoms with Crippen LogP contribution in [-0.4, -0.2) is 31.4 Å². The van der Waals surface area contributed by atoms with Crippen molar-refractivity contribution in [1.29, 1.82) is 0 Å². The molecule has 0 saturated heterocycles. The first kappa shape index (κ1) is 18.4. The second kappa shape index (κ2) is 7.79. The van der Waals surface area contributed by atoms with Crippen molar-refractivity contribution in [2.45, 2.75) is 24.9 Å². The number of alkyl halides is 3. The monoisotopic (exact) mass is 355 g/mol. The summed E-state index contributed by atoms with van der Waals surface area (Å²) >= 11 is 0.801. The molecule has 0 saturated carbocycles. The fourth-order valence-electron chi connectivity index (χ4n) is 2.28. The smallest absolute Gasteiger partial charge is 0.379 e. The number of amidine groups is 1. The fourth-order valence-corrected chi connectivity index (χ4v) is 3.08. The van der Waals surface area contributed by atoms with E-state index < -0.39 is 11.9 Å². The number of nitrogens with zero attached hydrogens (tertiary/aromatic N) is 1. The number of rotatable bonds is 4. The largest absolute Gasteiger partial charge is 0.398 e. The Kier molecular flexibility index (Phi) is 5.99. The molecule has 0 atom stereocenters. The number of dihydropyridines is 1. The van der Waals surface area contributed by atoms with Crippen LogP contribution < -0.4 is 10.6 Å².